The van der Waals surface area contributed by atoms with Crippen LogP contribution in [0.5, 0.6) is 0 Å². The van der Waals surface area contributed by atoms with E-state index >= 15 is 0 Å². The summed E-state index contributed by atoms with van der Waals surface area (Å²) in [6, 6.07) is 0. The normalized spacial score (nSPS) is 22.8. The highest BCUT2D eigenvalue weighted by Crippen LogP contribution is 2.26. The lowest BCUT2D eigenvalue weighted by atomic mass is 9.83. The SMILES string of the molecule is CCCCNC(=O)C1CCCN(C(=O)CC(C)C2CCNCC2)C1.Cl. The highest BCUT2D eigenvalue weighted by Gasteiger charge is 2.30. The fourth-order valence-electron chi connectivity index (χ4n) is 3.93. The maximum atomic E-state index is 12.7. The van der Waals surface area contributed by atoms with Gasteiger partial charge in [-0.1, -0.05) is 20.3 Å². The molecule has 2 N–H and O–H groups in total. The molecule has 2 aliphatic rings. The molecule has 5 nitrogen and oxygen atoms in total. The molecule has 2 rings (SSSR count). The zero-order chi connectivity index (χ0) is 17.4. The van der Waals surface area contributed by atoms with Crippen LogP contribution in [0.15, 0.2) is 0 Å². The maximum Gasteiger partial charge on any atom is 0.224 e. The van der Waals surface area contributed by atoms with Crippen LogP contribution in [-0.4, -0.2) is 49.4 Å². The minimum atomic E-state index is -0.0197. The number of carbonyl (C=O) groups is 2. The fraction of sp³-hybridized carbons (Fsp3) is 0.895. The molecular weight excluding hydrogens is 338 g/mol. The number of rotatable bonds is 7. The predicted molar refractivity (Wildman–Crippen MR) is 104 cm³/mol. The Hall–Kier alpha value is -0.810. The summed E-state index contributed by atoms with van der Waals surface area (Å²) in [5, 5.41) is 6.41. The Bertz CT molecular complexity index is 413. The Labute approximate surface area is 159 Å². The summed E-state index contributed by atoms with van der Waals surface area (Å²) in [6.07, 6.45) is 6.95. The maximum absolute atomic E-state index is 12.7. The van der Waals surface area contributed by atoms with Crippen molar-refractivity contribution in [3.8, 4) is 0 Å². The Morgan fingerprint density at radius 1 is 1.24 bits per heavy atom. The third-order valence-corrected chi connectivity index (χ3v) is 5.66. The van der Waals surface area contributed by atoms with Gasteiger partial charge in [0.25, 0.3) is 0 Å². The summed E-state index contributed by atoms with van der Waals surface area (Å²) in [5.41, 5.74) is 0. The highest BCUT2D eigenvalue weighted by molar-refractivity contribution is 5.85. The van der Waals surface area contributed by atoms with Crippen LogP contribution in [0.1, 0.15) is 58.8 Å². The average molecular weight is 374 g/mol. The predicted octanol–water partition coefficient (Wildman–Crippen LogP) is 2.59. The molecule has 0 aromatic heterocycles. The first kappa shape index (κ1) is 22.2. The van der Waals surface area contributed by atoms with Gasteiger partial charge in [-0.15, -0.1) is 12.4 Å². The van der Waals surface area contributed by atoms with E-state index in [1.807, 2.05) is 4.90 Å². The van der Waals surface area contributed by atoms with Crippen LogP contribution in [0.25, 0.3) is 0 Å². The van der Waals surface area contributed by atoms with Crippen molar-refractivity contribution < 1.29 is 9.59 Å². The van der Waals surface area contributed by atoms with Crippen LogP contribution in [0.2, 0.25) is 0 Å². The fourth-order valence-corrected chi connectivity index (χ4v) is 3.93. The molecule has 6 heteroatoms. The monoisotopic (exact) mass is 373 g/mol. The Morgan fingerprint density at radius 2 is 1.96 bits per heavy atom. The molecule has 0 spiro atoms. The third kappa shape index (κ3) is 7.14. The highest BCUT2D eigenvalue weighted by atomic mass is 35.5. The van der Waals surface area contributed by atoms with Gasteiger partial charge in [-0.3, -0.25) is 9.59 Å². The average Bonchev–Trinajstić information content (AvgIpc) is 2.62. The van der Waals surface area contributed by atoms with Crippen LogP contribution in [-0.2, 0) is 9.59 Å². The van der Waals surface area contributed by atoms with Crippen molar-refractivity contribution in [2.45, 2.75) is 58.8 Å². The van der Waals surface area contributed by atoms with Gasteiger partial charge in [0.15, 0.2) is 0 Å². The lowest BCUT2D eigenvalue weighted by Gasteiger charge is -2.34. The van der Waals surface area contributed by atoms with Gasteiger partial charge >= 0.3 is 0 Å². The molecule has 0 aromatic rings. The van der Waals surface area contributed by atoms with Crippen LogP contribution in [0.4, 0.5) is 0 Å². The Balaban J connectivity index is 0.00000312. The Morgan fingerprint density at radius 3 is 2.64 bits per heavy atom. The molecule has 2 atom stereocenters. The molecule has 0 radical (unpaired) electrons. The van der Waals surface area contributed by atoms with Gasteiger partial charge in [-0.05, 0) is 57.0 Å². The van der Waals surface area contributed by atoms with Crippen molar-refractivity contribution in [1.29, 1.82) is 0 Å². The van der Waals surface area contributed by atoms with E-state index in [9.17, 15) is 9.59 Å². The summed E-state index contributed by atoms with van der Waals surface area (Å²) in [5.74, 6) is 1.46. The van der Waals surface area contributed by atoms with Gasteiger partial charge in [-0.2, -0.15) is 0 Å². The van der Waals surface area contributed by atoms with E-state index in [0.29, 0.717) is 24.8 Å². The number of carbonyl (C=O) groups excluding carboxylic acids is 2. The second-order valence-corrected chi connectivity index (χ2v) is 7.59. The second-order valence-electron chi connectivity index (χ2n) is 7.59. The molecule has 2 fully saturated rings. The molecular formula is C19H36ClN3O2. The van der Waals surface area contributed by atoms with Crippen LogP contribution in [0, 0.1) is 17.8 Å². The lowest BCUT2D eigenvalue weighted by Crippen LogP contribution is -2.46. The van der Waals surface area contributed by atoms with Crippen molar-refractivity contribution in [2.75, 3.05) is 32.7 Å². The number of piperidine rings is 2. The van der Waals surface area contributed by atoms with Gasteiger partial charge in [0.1, 0.15) is 0 Å². The molecule has 2 aliphatic heterocycles. The first-order chi connectivity index (χ1) is 11.6. The van der Waals surface area contributed by atoms with E-state index in [4.69, 9.17) is 0 Å². The molecule has 2 unspecified atom stereocenters. The third-order valence-electron chi connectivity index (χ3n) is 5.66. The van der Waals surface area contributed by atoms with E-state index in [1.165, 1.54) is 12.8 Å². The van der Waals surface area contributed by atoms with Crippen molar-refractivity contribution in [1.82, 2.24) is 15.5 Å². The minimum Gasteiger partial charge on any atom is -0.356 e. The molecule has 0 aliphatic carbocycles. The molecule has 146 valence electrons. The van der Waals surface area contributed by atoms with Crippen LogP contribution >= 0.6 is 12.4 Å². The molecule has 2 heterocycles. The zero-order valence-corrected chi connectivity index (χ0v) is 16.7. The van der Waals surface area contributed by atoms with Crippen molar-refractivity contribution >= 4 is 24.2 Å². The van der Waals surface area contributed by atoms with Gasteiger partial charge in [0.05, 0.1) is 5.92 Å². The number of amides is 2. The summed E-state index contributed by atoms with van der Waals surface area (Å²) >= 11 is 0. The number of hydrogen-bond donors (Lipinski definition) is 2. The van der Waals surface area contributed by atoms with E-state index < -0.39 is 0 Å². The largest absolute Gasteiger partial charge is 0.356 e. The molecule has 2 saturated heterocycles. The number of likely N-dealkylation sites (tertiary alicyclic amines) is 1. The van der Waals surface area contributed by atoms with E-state index in [0.717, 1.165) is 51.9 Å². The summed E-state index contributed by atoms with van der Waals surface area (Å²) in [7, 11) is 0. The van der Waals surface area contributed by atoms with E-state index in [-0.39, 0.29) is 30.1 Å². The number of hydrogen-bond acceptors (Lipinski definition) is 3. The number of halogens is 1. The number of nitrogens with zero attached hydrogens (tertiary/aromatic N) is 1. The quantitative estimate of drug-likeness (QED) is 0.674. The first-order valence-corrected chi connectivity index (χ1v) is 9.88. The van der Waals surface area contributed by atoms with Gasteiger partial charge in [0, 0.05) is 26.1 Å². The summed E-state index contributed by atoms with van der Waals surface area (Å²) in [6.45, 7) is 8.67. The van der Waals surface area contributed by atoms with Gasteiger partial charge in [0.2, 0.25) is 11.8 Å². The van der Waals surface area contributed by atoms with Crippen LogP contribution < -0.4 is 10.6 Å². The van der Waals surface area contributed by atoms with Gasteiger partial charge in [-0.25, -0.2) is 0 Å². The van der Waals surface area contributed by atoms with Crippen LogP contribution in [0.3, 0.4) is 0 Å². The molecule has 2 amide bonds. The second kappa shape index (κ2) is 11.7. The lowest BCUT2D eigenvalue weighted by molar-refractivity contribution is -0.136. The molecule has 0 saturated carbocycles. The number of nitrogens with one attached hydrogen (secondary N) is 2. The topological polar surface area (TPSA) is 61.4 Å². The Kier molecular flexibility index (Phi) is 10.4. The van der Waals surface area contributed by atoms with Crippen molar-refractivity contribution in [3.63, 3.8) is 0 Å². The van der Waals surface area contributed by atoms with Gasteiger partial charge < -0.3 is 15.5 Å². The molecule has 25 heavy (non-hydrogen) atoms. The zero-order valence-electron chi connectivity index (χ0n) is 15.9. The molecule has 0 aromatic carbocycles. The first-order valence-electron chi connectivity index (χ1n) is 9.88. The number of unbranched alkanes of at least 4 members (excludes halogenated alkanes) is 1. The summed E-state index contributed by atoms with van der Waals surface area (Å²) in [4.78, 5) is 26.8. The minimum absolute atomic E-state index is 0. The van der Waals surface area contributed by atoms with E-state index in [1.54, 1.807) is 0 Å². The van der Waals surface area contributed by atoms with E-state index in [2.05, 4.69) is 24.5 Å². The molecule has 0 bridgehead atoms. The standard InChI is InChI=1S/C19H35N3O2.ClH/c1-3-4-9-21-19(24)17-6-5-12-22(14-17)18(23)13-15(2)16-7-10-20-11-8-16;/h15-17,20H,3-14H2,1-2H3,(H,21,24);1H. The summed E-state index contributed by atoms with van der Waals surface area (Å²) < 4.78 is 0. The van der Waals surface area contributed by atoms with Crippen molar-refractivity contribution in [3.05, 3.63) is 0 Å². The van der Waals surface area contributed by atoms with Crippen molar-refractivity contribution in [2.24, 2.45) is 17.8 Å². The smallest absolute Gasteiger partial charge is 0.224 e.